The molecule has 1 atom stereocenters. The molecule has 80 valence electrons. The van der Waals surface area contributed by atoms with Gasteiger partial charge in [0.15, 0.2) is 0 Å². The van der Waals surface area contributed by atoms with Gasteiger partial charge in [-0.3, -0.25) is 0 Å². The minimum absolute atomic E-state index is 0.534. The molecule has 0 saturated carbocycles. The van der Waals surface area contributed by atoms with Crippen LogP contribution in [0.15, 0.2) is 0 Å². The largest absolute Gasteiger partial charge is 0.383 e. The first-order chi connectivity index (χ1) is 6.31. The molecular formula is C10H24N2O. The van der Waals surface area contributed by atoms with Crippen LogP contribution < -0.4 is 10.6 Å². The molecule has 0 aliphatic heterocycles. The zero-order chi connectivity index (χ0) is 9.94. The molecule has 0 aromatic rings. The molecular weight excluding hydrogens is 164 g/mol. The molecule has 0 radical (unpaired) electrons. The molecule has 3 heteroatoms. The molecule has 0 bridgehead atoms. The second-order valence-electron chi connectivity index (χ2n) is 3.41. The summed E-state index contributed by atoms with van der Waals surface area (Å²) in [5.41, 5.74) is 0. The third kappa shape index (κ3) is 9.80. The van der Waals surface area contributed by atoms with E-state index in [1.54, 1.807) is 7.11 Å². The van der Waals surface area contributed by atoms with Crippen molar-refractivity contribution >= 4 is 0 Å². The SMILES string of the molecule is CCCCNCC(C)NCCOC. The summed E-state index contributed by atoms with van der Waals surface area (Å²) in [6.07, 6.45) is 2.53. The van der Waals surface area contributed by atoms with Crippen molar-refractivity contribution in [2.45, 2.75) is 32.7 Å². The maximum Gasteiger partial charge on any atom is 0.0587 e. The van der Waals surface area contributed by atoms with Crippen molar-refractivity contribution in [3.05, 3.63) is 0 Å². The minimum Gasteiger partial charge on any atom is -0.383 e. The Kier molecular flexibility index (Phi) is 9.87. The molecule has 0 aliphatic rings. The van der Waals surface area contributed by atoms with E-state index in [1.165, 1.54) is 12.8 Å². The summed E-state index contributed by atoms with van der Waals surface area (Å²) in [6.45, 7) is 8.31. The highest BCUT2D eigenvalue weighted by Gasteiger charge is 1.98. The number of rotatable bonds is 9. The molecule has 0 spiro atoms. The van der Waals surface area contributed by atoms with Crippen molar-refractivity contribution < 1.29 is 4.74 Å². The number of nitrogens with one attached hydrogen (secondary N) is 2. The monoisotopic (exact) mass is 188 g/mol. The zero-order valence-electron chi connectivity index (χ0n) is 9.23. The Labute approximate surface area is 82.2 Å². The van der Waals surface area contributed by atoms with Crippen LogP contribution >= 0.6 is 0 Å². The van der Waals surface area contributed by atoms with Crippen LogP contribution in [0.4, 0.5) is 0 Å². The lowest BCUT2D eigenvalue weighted by Gasteiger charge is -2.13. The van der Waals surface area contributed by atoms with Gasteiger partial charge in [-0.05, 0) is 19.9 Å². The first kappa shape index (κ1) is 12.9. The molecule has 0 aliphatic carbocycles. The Morgan fingerprint density at radius 1 is 1.31 bits per heavy atom. The lowest BCUT2D eigenvalue weighted by atomic mass is 10.3. The number of hydrogen-bond acceptors (Lipinski definition) is 3. The highest BCUT2D eigenvalue weighted by atomic mass is 16.5. The van der Waals surface area contributed by atoms with E-state index in [4.69, 9.17) is 4.74 Å². The summed E-state index contributed by atoms with van der Waals surface area (Å²) in [4.78, 5) is 0. The number of methoxy groups -OCH3 is 1. The standard InChI is InChI=1S/C10H24N2O/c1-4-5-6-11-9-10(2)12-7-8-13-3/h10-12H,4-9H2,1-3H3. The lowest BCUT2D eigenvalue weighted by molar-refractivity contribution is 0.196. The average molecular weight is 188 g/mol. The third-order valence-electron chi connectivity index (χ3n) is 1.96. The van der Waals surface area contributed by atoms with Crippen LogP contribution in [0.5, 0.6) is 0 Å². The predicted octanol–water partition coefficient (Wildman–Crippen LogP) is 1.00. The maximum atomic E-state index is 4.95. The minimum atomic E-state index is 0.534. The lowest BCUT2D eigenvalue weighted by Crippen LogP contribution is -2.38. The van der Waals surface area contributed by atoms with Crippen molar-refractivity contribution in [3.63, 3.8) is 0 Å². The molecule has 13 heavy (non-hydrogen) atoms. The van der Waals surface area contributed by atoms with Gasteiger partial charge in [0.2, 0.25) is 0 Å². The van der Waals surface area contributed by atoms with Gasteiger partial charge in [0.05, 0.1) is 6.61 Å². The summed E-state index contributed by atoms with van der Waals surface area (Å²) >= 11 is 0. The normalized spacial score (nSPS) is 13.2. The molecule has 2 N–H and O–H groups in total. The molecule has 0 saturated heterocycles. The van der Waals surface area contributed by atoms with Gasteiger partial charge in [0.1, 0.15) is 0 Å². The van der Waals surface area contributed by atoms with Gasteiger partial charge >= 0.3 is 0 Å². The van der Waals surface area contributed by atoms with Crippen molar-refractivity contribution in [1.82, 2.24) is 10.6 Å². The Morgan fingerprint density at radius 2 is 2.08 bits per heavy atom. The van der Waals surface area contributed by atoms with Gasteiger partial charge in [0, 0.05) is 26.2 Å². The summed E-state index contributed by atoms with van der Waals surface area (Å²) in [7, 11) is 1.73. The van der Waals surface area contributed by atoms with Crippen molar-refractivity contribution in [3.8, 4) is 0 Å². The van der Waals surface area contributed by atoms with Crippen LogP contribution in [0.25, 0.3) is 0 Å². The van der Waals surface area contributed by atoms with Crippen LogP contribution in [0.3, 0.4) is 0 Å². The van der Waals surface area contributed by atoms with E-state index >= 15 is 0 Å². The Morgan fingerprint density at radius 3 is 2.69 bits per heavy atom. The third-order valence-corrected chi connectivity index (χ3v) is 1.96. The topological polar surface area (TPSA) is 33.3 Å². The number of ether oxygens (including phenoxy) is 1. The summed E-state index contributed by atoms with van der Waals surface area (Å²) in [6, 6.07) is 0.534. The average Bonchev–Trinajstić information content (AvgIpc) is 2.13. The fourth-order valence-electron chi connectivity index (χ4n) is 1.10. The highest BCUT2D eigenvalue weighted by molar-refractivity contribution is 4.63. The van der Waals surface area contributed by atoms with Crippen LogP contribution in [-0.2, 0) is 4.74 Å². The van der Waals surface area contributed by atoms with Crippen molar-refractivity contribution in [2.75, 3.05) is 33.4 Å². The van der Waals surface area contributed by atoms with Crippen LogP contribution in [-0.4, -0.2) is 39.4 Å². The van der Waals surface area contributed by atoms with Crippen LogP contribution in [0, 0.1) is 0 Å². The molecule has 0 fully saturated rings. The van der Waals surface area contributed by atoms with E-state index in [1.807, 2.05) is 0 Å². The molecule has 1 unspecified atom stereocenters. The zero-order valence-corrected chi connectivity index (χ0v) is 9.23. The van der Waals surface area contributed by atoms with E-state index in [2.05, 4.69) is 24.5 Å². The first-order valence-corrected chi connectivity index (χ1v) is 5.24. The van der Waals surface area contributed by atoms with E-state index in [9.17, 15) is 0 Å². The summed E-state index contributed by atoms with van der Waals surface area (Å²) in [5.74, 6) is 0. The highest BCUT2D eigenvalue weighted by Crippen LogP contribution is 1.83. The molecule has 3 nitrogen and oxygen atoms in total. The van der Waals surface area contributed by atoms with E-state index in [0.29, 0.717) is 6.04 Å². The van der Waals surface area contributed by atoms with Crippen molar-refractivity contribution in [1.29, 1.82) is 0 Å². The molecule has 0 amide bonds. The van der Waals surface area contributed by atoms with Crippen LogP contribution in [0.2, 0.25) is 0 Å². The maximum absolute atomic E-state index is 4.95. The fraction of sp³-hybridized carbons (Fsp3) is 1.00. The van der Waals surface area contributed by atoms with Crippen LogP contribution in [0.1, 0.15) is 26.7 Å². The van der Waals surface area contributed by atoms with E-state index < -0.39 is 0 Å². The second-order valence-corrected chi connectivity index (χ2v) is 3.41. The Balaban J connectivity index is 3.05. The van der Waals surface area contributed by atoms with E-state index in [0.717, 1.165) is 26.2 Å². The van der Waals surface area contributed by atoms with Gasteiger partial charge in [-0.1, -0.05) is 13.3 Å². The van der Waals surface area contributed by atoms with Gasteiger partial charge in [-0.15, -0.1) is 0 Å². The van der Waals surface area contributed by atoms with Gasteiger partial charge in [-0.25, -0.2) is 0 Å². The first-order valence-electron chi connectivity index (χ1n) is 5.24. The Hall–Kier alpha value is -0.120. The van der Waals surface area contributed by atoms with Gasteiger partial charge in [-0.2, -0.15) is 0 Å². The number of unbranched alkanes of at least 4 members (excludes halogenated alkanes) is 1. The fourth-order valence-corrected chi connectivity index (χ4v) is 1.10. The molecule has 0 aromatic carbocycles. The summed E-state index contributed by atoms with van der Waals surface area (Å²) < 4.78 is 4.95. The second kappa shape index (κ2) is 9.96. The smallest absolute Gasteiger partial charge is 0.0587 e. The Bertz CT molecular complexity index is 98.9. The molecule has 0 heterocycles. The summed E-state index contributed by atoms with van der Waals surface area (Å²) in [5, 5.41) is 6.78. The van der Waals surface area contributed by atoms with E-state index in [-0.39, 0.29) is 0 Å². The quantitative estimate of drug-likeness (QED) is 0.530. The van der Waals surface area contributed by atoms with Gasteiger partial charge in [0.25, 0.3) is 0 Å². The molecule has 0 aromatic heterocycles. The van der Waals surface area contributed by atoms with Crippen molar-refractivity contribution in [2.24, 2.45) is 0 Å². The predicted molar refractivity (Wildman–Crippen MR) is 57.1 cm³/mol. The number of hydrogen-bond donors (Lipinski definition) is 2. The van der Waals surface area contributed by atoms with Gasteiger partial charge < -0.3 is 15.4 Å². The molecule has 0 rings (SSSR count).